The fourth-order valence-corrected chi connectivity index (χ4v) is 1.51. The maximum absolute atomic E-state index is 11.1. The second-order valence-corrected chi connectivity index (χ2v) is 4.26. The Kier molecular flexibility index (Phi) is 3.69. The molecule has 0 saturated carbocycles. The van der Waals surface area contributed by atoms with Gasteiger partial charge < -0.3 is 16.0 Å². The molecular formula is C11H14N8O2. The lowest BCUT2D eigenvalue weighted by Crippen LogP contribution is -2.22. The summed E-state index contributed by atoms with van der Waals surface area (Å²) in [4.78, 5) is 37.7. The van der Waals surface area contributed by atoms with Gasteiger partial charge in [0.15, 0.2) is 5.52 Å². The summed E-state index contributed by atoms with van der Waals surface area (Å²) in [6.45, 7) is 1.83. The van der Waals surface area contributed by atoms with Gasteiger partial charge in [0.2, 0.25) is 5.95 Å². The third-order valence-electron chi connectivity index (χ3n) is 2.64. The molecule has 3 heterocycles. The summed E-state index contributed by atoms with van der Waals surface area (Å²) < 4.78 is 1.58. The van der Waals surface area contributed by atoms with Crippen LogP contribution in [0, 0.1) is 6.92 Å². The molecule has 0 atom stereocenters. The topological polar surface area (TPSA) is 161 Å². The Balaban J connectivity index is 0.000000161. The number of imidazole rings is 1. The molecule has 3 rings (SSSR count). The molecule has 10 heteroatoms. The van der Waals surface area contributed by atoms with E-state index in [0.29, 0.717) is 11.5 Å². The number of aromatic nitrogens is 6. The Morgan fingerprint density at radius 2 is 1.90 bits per heavy atom. The smallest absolute Gasteiger partial charge is 0.327 e. The minimum absolute atomic E-state index is 0.220. The molecule has 110 valence electrons. The molecule has 0 aromatic carbocycles. The van der Waals surface area contributed by atoms with Crippen molar-refractivity contribution in [1.82, 2.24) is 29.5 Å². The van der Waals surface area contributed by atoms with Gasteiger partial charge in [-0.3, -0.25) is 14.8 Å². The predicted molar refractivity (Wildman–Crippen MR) is 77.5 cm³/mol. The van der Waals surface area contributed by atoms with E-state index in [9.17, 15) is 9.59 Å². The minimum atomic E-state index is -0.517. The third-order valence-corrected chi connectivity index (χ3v) is 2.64. The molecule has 0 aliphatic rings. The molecule has 0 unspecified atom stereocenters. The lowest BCUT2D eigenvalue weighted by Gasteiger charge is -1.96. The summed E-state index contributed by atoms with van der Waals surface area (Å²) in [6.07, 6.45) is 3.06. The number of nitrogens with zero attached hydrogens (tertiary/aromatic N) is 4. The highest BCUT2D eigenvalue weighted by Crippen LogP contribution is 2.04. The van der Waals surface area contributed by atoms with Crippen molar-refractivity contribution in [3.8, 4) is 0 Å². The van der Waals surface area contributed by atoms with Gasteiger partial charge in [-0.25, -0.2) is 14.8 Å². The number of anilines is 2. The average molecular weight is 290 g/mol. The Labute approximate surface area is 117 Å². The Morgan fingerprint density at radius 1 is 1.19 bits per heavy atom. The highest BCUT2D eigenvalue weighted by atomic mass is 16.2. The van der Waals surface area contributed by atoms with Crippen LogP contribution in [0.2, 0.25) is 0 Å². The third kappa shape index (κ3) is 3.05. The van der Waals surface area contributed by atoms with Crippen molar-refractivity contribution >= 4 is 22.9 Å². The van der Waals surface area contributed by atoms with Crippen LogP contribution >= 0.6 is 0 Å². The molecule has 0 saturated heterocycles. The van der Waals surface area contributed by atoms with Crippen LogP contribution in [0.5, 0.6) is 0 Å². The van der Waals surface area contributed by atoms with Gasteiger partial charge in [0.25, 0.3) is 5.56 Å². The van der Waals surface area contributed by atoms with Crippen molar-refractivity contribution in [3.05, 3.63) is 38.9 Å². The highest BCUT2D eigenvalue weighted by molar-refractivity contribution is 5.68. The molecule has 21 heavy (non-hydrogen) atoms. The standard InChI is InChI=1S/C6H6N4O2.C5H8N4/c1-10-2-7-3-4(10)8-6(12)9-5(3)11;1-3-2-8-5(7)9-4(3)6/h2H,1H3,(H2,8,9,11,12);2H,1H3,(H4,6,7,8,9). The Morgan fingerprint density at radius 3 is 2.52 bits per heavy atom. The van der Waals surface area contributed by atoms with Crippen LogP contribution in [0.1, 0.15) is 5.56 Å². The van der Waals surface area contributed by atoms with E-state index < -0.39 is 11.2 Å². The van der Waals surface area contributed by atoms with Crippen LogP contribution in [0.15, 0.2) is 22.1 Å². The zero-order valence-electron chi connectivity index (χ0n) is 11.4. The maximum atomic E-state index is 11.1. The van der Waals surface area contributed by atoms with Crippen LogP contribution in [0.3, 0.4) is 0 Å². The number of H-pyrrole nitrogens is 2. The Bertz CT molecular complexity index is 891. The zero-order valence-corrected chi connectivity index (χ0v) is 11.4. The van der Waals surface area contributed by atoms with E-state index in [4.69, 9.17) is 11.5 Å². The largest absolute Gasteiger partial charge is 0.383 e. The molecule has 0 fully saturated rings. The van der Waals surface area contributed by atoms with Gasteiger partial charge in [-0.1, -0.05) is 0 Å². The number of nitrogens with one attached hydrogen (secondary N) is 2. The number of nitrogen functional groups attached to an aromatic ring is 2. The number of rotatable bonds is 0. The highest BCUT2D eigenvalue weighted by Gasteiger charge is 2.03. The van der Waals surface area contributed by atoms with Crippen molar-refractivity contribution in [1.29, 1.82) is 0 Å². The summed E-state index contributed by atoms with van der Waals surface area (Å²) in [5, 5.41) is 0. The number of hydrogen-bond donors (Lipinski definition) is 4. The average Bonchev–Trinajstić information content (AvgIpc) is 2.77. The van der Waals surface area contributed by atoms with Crippen LogP contribution in [0.25, 0.3) is 11.2 Å². The number of nitrogens with two attached hydrogens (primary N) is 2. The predicted octanol–water partition coefficient (Wildman–Crippen LogP) is -1.10. The molecule has 0 spiro atoms. The normalized spacial score (nSPS) is 10.2. The van der Waals surface area contributed by atoms with Crippen LogP contribution in [-0.4, -0.2) is 29.5 Å². The first-order valence-corrected chi connectivity index (χ1v) is 5.86. The summed E-state index contributed by atoms with van der Waals surface area (Å²) in [5.41, 5.74) is 11.2. The zero-order chi connectivity index (χ0) is 15.6. The number of hydrogen-bond acceptors (Lipinski definition) is 7. The molecular weight excluding hydrogens is 276 g/mol. The SMILES string of the molecule is Cc1cnc(N)nc1N.Cn1cnc2c(=O)[nH]c(=O)[nH]c21. The second kappa shape index (κ2) is 5.45. The van der Waals surface area contributed by atoms with Crippen molar-refractivity contribution < 1.29 is 0 Å². The molecule has 3 aromatic rings. The summed E-state index contributed by atoms with van der Waals surface area (Å²) in [7, 11) is 1.70. The maximum Gasteiger partial charge on any atom is 0.327 e. The summed E-state index contributed by atoms with van der Waals surface area (Å²) in [6, 6.07) is 0. The molecule has 0 aliphatic carbocycles. The van der Waals surface area contributed by atoms with Crippen molar-refractivity contribution in [2.24, 2.45) is 7.05 Å². The number of fused-ring (bicyclic) bond motifs is 1. The van der Waals surface area contributed by atoms with E-state index in [0.717, 1.165) is 5.56 Å². The fraction of sp³-hybridized carbons (Fsp3) is 0.182. The van der Waals surface area contributed by atoms with Crippen molar-refractivity contribution in [2.45, 2.75) is 6.92 Å². The van der Waals surface area contributed by atoms with Gasteiger partial charge in [-0.2, -0.15) is 4.98 Å². The lowest BCUT2D eigenvalue weighted by atomic mass is 10.4. The van der Waals surface area contributed by atoms with Crippen LogP contribution in [0.4, 0.5) is 11.8 Å². The molecule has 0 radical (unpaired) electrons. The summed E-state index contributed by atoms with van der Waals surface area (Å²) in [5.74, 6) is 0.667. The van der Waals surface area contributed by atoms with Gasteiger partial charge in [0.05, 0.1) is 6.33 Å². The molecule has 6 N–H and O–H groups in total. The first-order chi connectivity index (χ1) is 9.88. The van der Waals surface area contributed by atoms with Gasteiger partial charge in [-0.15, -0.1) is 0 Å². The van der Waals surface area contributed by atoms with Crippen LogP contribution < -0.4 is 22.7 Å². The van der Waals surface area contributed by atoms with Crippen LogP contribution in [-0.2, 0) is 7.05 Å². The number of aryl methyl sites for hydroxylation is 2. The molecule has 0 amide bonds. The summed E-state index contributed by atoms with van der Waals surface area (Å²) >= 11 is 0. The van der Waals surface area contributed by atoms with Crippen molar-refractivity contribution in [3.63, 3.8) is 0 Å². The van der Waals surface area contributed by atoms with E-state index in [-0.39, 0.29) is 11.5 Å². The molecule has 0 aliphatic heterocycles. The van der Waals surface area contributed by atoms with E-state index in [2.05, 4.69) is 24.9 Å². The van der Waals surface area contributed by atoms with E-state index in [1.54, 1.807) is 17.8 Å². The van der Waals surface area contributed by atoms with Gasteiger partial charge in [0.1, 0.15) is 11.5 Å². The Hall–Kier alpha value is -3.17. The van der Waals surface area contributed by atoms with Gasteiger partial charge in [0, 0.05) is 18.8 Å². The lowest BCUT2D eigenvalue weighted by molar-refractivity contribution is 0.919. The quantitative estimate of drug-likeness (QED) is 0.408. The fourth-order valence-electron chi connectivity index (χ4n) is 1.51. The monoisotopic (exact) mass is 290 g/mol. The number of aromatic amines is 2. The first-order valence-electron chi connectivity index (χ1n) is 5.86. The first kappa shape index (κ1) is 14.2. The van der Waals surface area contributed by atoms with Gasteiger partial charge >= 0.3 is 5.69 Å². The van der Waals surface area contributed by atoms with Gasteiger partial charge in [-0.05, 0) is 6.92 Å². The van der Waals surface area contributed by atoms with E-state index in [1.807, 2.05) is 6.92 Å². The minimum Gasteiger partial charge on any atom is -0.383 e. The molecule has 10 nitrogen and oxygen atoms in total. The second-order valence-electron chi connectivity index (χ2n) is 4.26. The van der Waals surface area contributed by atoms with E-state index in [1.165, 1.54) is 6.33 Å². The van der Waals surface area contributed by atoms with E-state index >= 15 is 0 Å². The molecule has 0 bridgehead atoms. The van der Waals surface area contributed by atoms with Crippen molar-refractivity contribution in [2.75, 3.05) is 11.5 Å². The molecule has 3 aromatic heterocycles.